The molecule has 7 heteroatoms. The zero-order valence-electron chi connectivity index (χ0n) is 11.2. The number of carbonyl (C=O) groups excluding carboxylic acids is 2. The maximum Gasteiger partial charge on any atom is 0.408 e. The molecule has 7 nitrogen and oxygen atoms in total. The van der Waals surface area contributed by atoms with Gasteiger partial charge in [-0.3, -0.25) is 10.2 Å². The fraction of sp³-hybridized carbons (Fsp3) is 0.727. The predicted octanol–water partition coefficient (Wildman–Crippen LogP) is 0.769. The molecule has 1 amide bonds. The molecule has 104 valence electrons. The van der Waals surface area contributed by atoms with Crippen LogP contribution in [0.5, 0.6) is 0 Å². The van der Waals surface area contributed by atoms with Crippen molar-refractivity contribution in [2.45, 2.75) is 45.3 Å². The molecule has 1 atom stereocenters. The predicted molar refractivity (Wildman–Crippen MR) is 66.3 cm³/mol. The van der Waals surface area contributed by atoms with Gasteiger partial charge in [-0.25, -0.2) is 4.79 Å². The first-order chi connectivity index (χ1) is 8.15. The van der Waals surface area contributed by atoms with E-state index in [1.807, 2.05) is 0 Å². The third-order valence-corrected chi connectivity index (χ3v) is 1.93. The van der Waals surface area contributed by atoms with E-state index in [-0.39, 0.29) is 18.7 Å². The van der Waals surface area contributed by atoms with E-state index in [4.69, 9.17) is 15.9 Å². The highest BCUT2D eigenvalue weighted by Gasteiger charge is 2.21. The lowest BCUT2D eigenvalue weighted by Crippen LogP contribution is -2.46. The molecule has 0 fully saturated rings. The Kier molecular flexibility index (Phi) is 6.15. The Morgan fingerprint density at radius 2 is 1.94 bits per heavy atom. The highest BCUT2D eigenvalue weighted by Crippen LogP contribution is 2.07. The largest absolute Gasteiger partial charge is 0.469 e. The van der Waals surface area contributed by atoms with Crippen molar-refractivity contribution >= 4 is 17.9 Å². The van der Waals surface area contributed by atoms with Gasteiger partial charge < -0.3 is 20.5 Å². The lowest BCUT2D eigenvalue weighted by Gasteiger charge is -2.22. The molecule has 0 saturated heterocycles. The molecule has 0 aromatic rings. The minimum atomic E-state index is -0.737. The fourth-order valence-electron chi connectivity index (χ4n) is 1.12. The maximum atomic E-state index is 11.5. The molecule has 0 aliphatic carbocycles. The fourth-order valence-corrected chi connectivity index (χ4v) is 1.12. The second-order valence-corrected chi connectivity index (χ2v) is 4.77. The van der Waals surface area contributed by atoms with Crippen molar-refractivity contribution in [1.29, 1.82) is 5.41 Å². The van der Waals surface area contributed by atoms with Crippen LogP contribution in [0.2, 0.25) is 0 Å². The van der Waals surface area contributed by atoms with Crippen LogP contribution >= 0.6 is 0 Å². The number of nitrogens with one attached hydrogen (secondary N) is 2. The average molecular weight is 259 g/mol. The molecule has 0 aromatic heterocycles. The Balaban J connectivity index is 4.32. The molecule has 0 rings (SSSR count). The van der Waals surface area contributed by atoms with Crippen LogP contribution in [-0.4, -0.2) is 36.7 Å². The van der Waals surface area contributed by atoms with Crippen molar-refractivity contribution in [1.82, 2.24) is 5.32 Å². The Hall–Kier alpha value is -1.79. The summed E-state index contributed by atoms with van der Waals surface area (Å²) in [5.41, 5.74) is 4.71. The summed E-state index contributed by atoms with van der Waals surface area (Å²) in [4.78, 5) is 22.5. The summed E-state index contributed by atoms with van der Waals surface area (Å²) in [7, 11) is 1.27. The number of hydrogen-bond donors (Lipinski definition) is 3. The number of methoxy groups -OCH3 is 1. The van der Waals surface area contributed by atoms with Crippen LogP contribution in [0, 0.1) is 5.41 Å². The number of nitrogens with two attached hydrogens (primary N) is 1. The van der Waals surface area contributed by atoms with Crippen molar-refractivity contribution in [3.8, 4) is 0 Å². The zero-order valence-corrected chi connectivity index (χ0v) is 11.2. The van der Waals surface area contributed by atoms with Crippen LogP contribution in [0.4, 0.5) is 4.79 Å². The third kappa shape index (κ3) is 7.48. The van der Waals surface area contributed by atoms with Crippen molar-refractivity contribution < 1.29 is 19.1 Å². The van der Waals surface area contributed by atoms with E-state index in [0.717, 1.165) is 0 Å². The van der Waals surface area contributed by atoms with Gasteiger partial charge in [-0.1, -0.05) is 0 Å². The number of esters is 1. The summed E-state index contributed by atoms with van der Waals surface area (Å²) in [6, 6.07) is -0.737. The van der Waals surface area contributed by atoms with E-state index in [1.54, 1.807) is 20.8 Å². The monoisotopic (exact) mass is 259 g/mol. The number of alkyl carbamates (subject to hydrolysis) is 1. The normalized spacial score (nSPS) is 12.4. The summed E-state index contributed by atoms with van der Waals surface area (Å²) >= 11 is 0. The van der Waals surface area contributed by atoms with Crippen LogP contribution in [0.25, 0.3) is 0 Å². The van der Waals surface area contributed by atoms with Gasteiger partial charge in [0, 0.05) is 6.42 Å². The SMILES string of the molecule is COC(=O)CCC(NC(=O)OC(C)(C)C)C(=N)N. The molecule has 0 aromatic carbocycles. The molecule has 1 unspecified atom stereocenters. The van der Waals surface area contributed by atoms with Gasteiger partial charge in [-0.15, -0.1) is 0 Å². The maximum absolute atomic E-state index is 11.5. The number of hydrogen-bond acceptors (Lipinski definition) is 5. The molecule has 18 heavy (non-hydrogen) atoms. The molecule has 0 heterocycles. The Labute approximate surface area is 107 Å². The number of ether oxygens (including phenoxy) is 2. The standard InChI is InChI=1S/C11H21N3O4/c1-11(2,3)18-10(16)14-7(9(12)13)5-6-8(15)17-4/h7H,5-6H2,1-4H3,(H3,12,13)(H,14,16). The van der Waals surface area contributed by atoms with Gasteiger partial charge >= 0.3 is 12.1 Å². The minimum Gasteiger partial charge on any atom is -0.469 e. The Bertz CT molecular complexity index is 323. The van der Waals surface area contributed by atoms with Crippen LogP contribution in [0.3, 0.4) is 0 Å². The first kappa shape index (κ1) is 16.2. The topological polar surface area (TPSA) is 114 Å². The minimum absolute atomic E-state index is 0.0660. The van der Waals surface area contributed by atoms with Gasteiger partial charge in [0.15, 0.2) is 0 Å². The summed E-state index contributed by atoms with van der Waals surface area (Å²) in [6.45, 7) is 5.18. The van der Waals surface area contributed by atoms with E-state index in [2.05, 4.69) is 10.1 Å². The molecule has 4 N–H and O–H groups in total. The summed E-state index contributed by atoms with van der Waals surface area (Å²) in [6.07, 6.45) is -0.412. The lowest BCUT2D eigenvalue weighted by molar-refractivity contribution is -0.140. The number of carbonyl (C=O) groups is 2. The van der Waals surface area contributed by atoms with Crippen LogP contribution < -0.4 is 11.1 Å². The lowest BCUT2D eigenvalue weighted by atomic mass is 10.1. The number of amidine groups is 1. The van der Waals surface area contributed by atoms with E-state index in [1.165, 1.54) is 7.11 Å². The van der Waals surface area contributed by atoms with E-state index in [9.17, 15) is 9.59 Å². The molecule has 0 spiro atoms. The quantitative estimate of drug-likeness (QED) is 0.383. The van der Waals surface area contributed by atoms with Crippen molar-refractivity contribution in [2.75, 3.05) is 7.11 Å². The second kappa shape index (κ2) is 6.83. The molecule has 0 aliphatic heterocycles. The van der Waals surface area contributed by atoms with E-state index >= 15 is 0 Å². The number of rotatable bonds is 5. The summed E-state index contributed by atoms with van der Waals surface area (Å²) in [5, 5.41) is 9.77. The van der Waals surface area contributed by atoms with E-state index in [0.29, 0.717) is 0 Å². The van der Waals surface area contributed by atoms with Gasteiger partial charge in [0.25, 0.3) is 0 Å². The van der Waals surface area contributed by atoms with Crippen LogP contribution in [0.1, 0.15) is 33.6 Å². The smallest absolute Gasteiger partial charge is 0.408 e. The number of amides is 1. The van der Waals surface area contributed by atoms with Crippen molar-refractivity contribution in [3.63, 3.8) is 0 Å². The zero-order chi connectivity index (χ0) is 14.3. The van der Waals surface area contributed by atoms with Gasteiger partial charge in [-0.05, 0) is 27.2 Å². The summed E-state index contributed by atoms with van der Waals surface area (Å²) < 4.78 is 9.50. The second-order valence-electron chi connectivity index (χ2n) is 4.77. The van der Waals surface area contributed by atoms with Crippen LogP contribution in [-0.2, 0) is 14.3 Å². The van der Waals surface area contributed by atoms with Crippen molar-refractivity contribution in [2.24, 2.45) is 5.73 Å². The summed E-state index contributed by atoms with van der Waals surface area (Å²) in [5.74, 6) is -0.656. The first-order valence-corrected chi connectivity index (χ1v) is 5.56. The third-order valence-electron chi connectivity index (χ3n) is 1.93. The molecule has 0 aliphatic rings. The molecule has 0 bridgehead atoms. The molecular formula is C11H21N3O4. The van der Waals surface area contributed by atoms with Gasteiger partial charge in [0.05, 0.1) is 13.2 Å². The Morgan fingerprint density at radius 1 is 1.39 bits per heavy atom. The molecule has 0 saturated carbocycles. The first-order valence-electron chi connectivity index (χ1n) is 5.56. The van der Waals surface area contributed by atoms with Gasteiger partial charge in [0.1, 0.15) is 11.4 Å². The highest BCUT2D eigenvalue weighted by molar-refractivity contribution is 5.86. The van der Waals surface area contributed by atoms with Gasteiger partial charge in [-0.2, -0.15) is 0 Å². The highest BCUT2D eigenvalue weighted by atomic mass is 16.6. The van der Waals surface area contributed by atoms with E-state index < -0.39 is 23.7 Å². The molecular weight excluding hydrogens is 238 g/mol. The average Bonchev–Trinajstić information content (AvgIpc) is 2.20. The van der Waals surface area contributed by atoms with Crippen molar-refractivity contribution in [3.05, 3.63) is 0 Å². The molecule has 0 radical (unpaired) electrons. The van der Waals surface area contributed by atoms with Gasteiger partial charge in [0.2, 0.25) is 0 Å². The Morgan fingerprint density at radius 3 is 2.33 bits per heavy atom. The van der Waals surface area contributed by atoms with Crippen LogP contribution in [0.15, 0.2) is 0 Å².